The third-order valence-corrected chi connectivity index (χ3v) is 2.63. The number of hydrogen-bond donors (Lipinski definition) is 1. The maximum atomic E-state index is 11.8. The van der Waals surface area contributed by atoms with Gasteiger partial charge in [-0.05, 0) is 26.3 Å². The predicted molar refractivity (Wildman–Crippen MR) is 61.7 cm³/mol. The molecular formula is C12H16N2O4. The maximum absolute atomic E-state index is 11.8. The minimum absolute atomic E-state index is 0.0896. The predicted octanol–water partition coefficient (Wildman–Crippen LogP) is 0.846. The average molecular weight is 252 g/mol. The van der Waals surface area contributed by atoms with Crippen LogP contribution in [0, 0.1) is 17.2 Å². The molecule has 0 spiro atoms. The zero-order valence-corrected chi connectivity index (χ0v) is 10.6. The monoisotopic (exact) mass is 252 g/mol. The summed E-state index contributed by atoms with van der Waals surface area (Å²) < 4.78 is 10.3. The highest BCUT2D eigenvalue weighted by Crippen LogP contribution is 2.31. The van der Waals surface area contributed by atoms with Crippen molar-refractivity contribution in [3.8, 4) is 6.07 Å². The van der Waals surface area contributed by atoms with Crippen LogP contribution in [0.2, 0.25) is 0 Å². The Balaban J connectivity index is 2.99. The summed E-state index contributed by atoms with van der Waals surface area (Å²) in [5, 5.41) is 11.4. The summed E-state index contributed by atoms with van der Waals surface area (Å²) in [5.41, 5.74) is -1.25. The van der Waals surface area contributed by atoms with Gasteiger partial charge in [-0.15, -0.1) is 0 Å². The largest absolute Gasteiger partial charge is 0.466 e. The lowest BCUT2D eigenvalue weighted by molar-refractivity contribution is -0.164. The zero-order valence-electron chi connectivity index (χ0n) is 10.6. The number of amides is 1. The topological polar surface area (TPSA) is 88.4 Å². The van der Waals surface area contributed by atoms with Gasteiger partial charge >= 0.3 is 5.97 Å². The Labute approximate surface area is 106 Å². The zero-order chi connectivity index (χ0) is 13.8. The normalized spacial score (nSPS) is 26.3. The standard InChI is InChI=1S/C12H16N2O4/c1-4-17-11(16)10-6-5-9(7-13)18-12(10,3)14-8(2)15/h5,10H,4,6H2,1-3H3,(H,14,15)/t10?,12-/m0/s1. The molecule has 0 aromatic carbocycles. The summed E-state index contributed by atoms with van der Waals surface area (Å²) in [6.07, 6.45) is 1.81. The van der Waals surface area contributed by atoms with Gasteiger partial charge in [0, 0.05) is 6.92 Å². The lowest BCUT2D eigenvalue weighted by Gasteiger charge is -2.38. The highest BCUT2D eigenvalue weighted by Gasteiger charge is 2.45. The molecule has 1 amide bonds. The number of carbonyl (C=O) groups is 2. The fourth-order valence-electron chi connectivity index (χ4n) is 1.89. The van der Waals surface area contributed by atoms with Crippen molar-refractivity contribution in [1.29, 1.82) is 5.26 Å². The molecule has 1 N–H and O–H groups in total. The third-order valence-electron chi connectivity index (χ3n) is 2.63. The molecule has 0 aliphatic carbocycles. The van der Waals surface area contributed by atoms with Gasteiger partial charge in [-0.25, -0.2) is 0 Å². The smallest absolute Gasteiger partial charge is 0.315 e. The van der Waals surface area contributed by atoms with E-state index in [1.54, 1.807) is 13.8 Å². The molecule has 98 valence electrons. The van der Waals surface area contributed by atoms with Crippen molar-refractivity contribution in [2.75, 3.05) is 6.61 Å². The van der Waals surface area contributed by atoms with Crippen molar-refractivity contribution < 1.29 is 19.1 Å². The second-order valence-electron chi connectivity index (χ2n) is 4.11. The van der Waals surface area contributed by atoms with Crippen LogP contribution in [0.25, 0.3) is 0 Å². The molecule has 0 fully saturated rings. The minimum atomic E-state index is -1.25. The van der Waals surface area contributed by atoms with E-state index in [2.05, 4.69) is 5.32 Å². The van der Waals surface area contributed by atoms with Crippen molar-refractivity contribution >= 4 is 11.9 Å². The molecule has 0 saturated carbocycles. The van der Waals surface area contributed by atoms with E-state index < -0.39 is 17.6 Å². The third kappa shape index (κ3) is 3.00. The number of rotatable bonds is 3. The summed E-state index contributed by atoms with van der Waals surface area (Å²) in [6.45, 7) is 4.83. The molecule has 1 unspecified atom stereocenters. The Morgan fingerprint density at radius 2 is 2.39 bits per heavy atom. The van der Waals surface area contributed by atoms with Gasteiger partial charge in [0.05, 0.1) is 6.61 Å². The number of nitrogens with one attached hydrogen (secondary N) is 1. The van der Waals surface area contributed by atoms with Gasteiger partial charge < -0.3 is 14.8 Å². The molecule has 0 aromatic heterocycles. The van der Waals surface area contributed by atoms with Gasteiger partial charge in [0.2, 0.25) is 5.91 Å². The first-order valence-electron chi connectivity index (χ1n) is 5.67. The second-order valence-corrected chi connectivity index (χ2v) is 4.11. The summed E-state index contributed by atoms with van der Waals surface area (Å²) in [5.74, 6) is -1.38. The Kier molecular flexibility index (Phi) is 4.32. The Bertz CT molecular complexity index is 424. The van der Waals surface area contributed by atoms with Crippen LogP contribution in [0.1, 0.15) is 27.2 Å². The van der Waals surface area contributed by atoms with Crippen LogP contribution in [0.15, 0.2) is 11.8 Å². The van der Waals surface area contributed by atoms with Crippen LogP contribution in [-0.4, -0.2) is 24.2 Å². The second kappa shape index (κ2) is 5.54. The number of nitriles is 1. The number of carbonyl (C=O) groups excluding carboxylic acids is 2. The molecule has 0 bridgehead atoms. The van der Waals surface area contributed by atoms with E-state index in [9.17, 15) is 9.59 Å². The van der Waals surface area contributed by atoms with Crippen molar-refractivity contribution in [3.63, 3.8) is 0 Å². The van der Waals surface area contributed by atoms with Gasteiger partial charge in [-0.2, -0.15) is 5.26 Å². The molecule has 6 heteroatoms. The molecule has 1 aliphatic heterocycles. The van der Waals surface area contributed by atoms with E-state index in [0.29, 0.717) is 6.42 Å². The molecule has 2 atom stereocenters. The molecule has 1 aliphatic rings. The van der Waals surface area contributed by atoms with Crippen molar-refractivity contribution in [1.82, 2.24) is 5.32 Å². The van der Waals surface area contributed by atoms with Gasteiger partial charge in [0.25, 0.3) is 0 Å². The van der Waals surface area contributed by atoms with Crippen molar-refractivity contribution in [2.24, 2.45) is 5.92 Å². The highest BCUT2D eigenvalue weighted by atomic mass is 16.5. The first-order valence-corrected chi connectivity index (χ1v) is 5.67. The van der Waals surface area contributed by atoms with Crippen molar-refractivity contribution in [2.45, 2.75) is 32.9 Å². The maximum Gasteiger partial charge on any atom is 0.315 e. The highest BCUT2D eigenvalue weighted by molar-refractivity contribution is 5.78. The number of hydrogen-bond acceptors (Lipinski definition) is 5. The number of esters is 1. The van der Waals surface area contributed by atoms with Gasteiger partial charge in [-0.3, -0.25) is 9.59 Å². The average Bonchev–Trinajstić information content (AvgIpc) is 2.27. The van der Waals surface area contributed by atoms with Crippen LogP contribution in [0.3, 0.4) is 0 Å². The van der Waals surface area contributed by atoms with Gasteiger partial charge in [-0.1, -0.05) is 0 Å². The van der Waals surface area contributed by atoms with E-state index in [1.165, 1.54) is 13.0 Å². The fraction of sp³-hybridized carbons (Fsp3) is 0.583. The Hall–Kier alpha value is -2.03. The molecule has 0 aromatic rings. The molecule has 6 nitrogen and oxygen atoms in total. The lowest BCUT2D eigenvalue weighted by atomic mass is 9.90. The summed E-state index contributed by atoms with van der Waals surface area (Å²) in [4.78, 5) is 23.0. The van der Waals surface area contributed by atoms with Crippen LogP contribution < -0.4 is 5.32 Å². The van der Waals surface area contributed by atoms with Crippen LogP contribution in [0.5, 0.6) is 0 Å². The van der Waals surface area contributed by atoms with E-state index in [4.69, 9.17) is 14.7 Å². The summed E-state index contributed by atoms with van der Waals surface area (Å²) in [6, 6.07) is 1.86. The van der Waals surface area contributed by atoms with E-state index in [1.807, 2.05) is 6.07 Å². The SMILES string of the molecule is CCOC(=O)C1CC=C(C#N)O[C@]1(C)NC(C)=O. The van der Waals surface area contributed by atoms with Gasteiger partial charge in [0.15, 0.2) is 11.5 Å². The first-order chi connectivity index (χ1) is 8.42. The molecular weight excluding hydrogens is 236 g/mol. The molecule has 0 saturated heterocycles. The molecule has 18 heavy (non-hydrogen) atoms. The summed E-state index contributed by atoms with van der Waals surface area (Å²) >= 11 is 0. The van der Waals surface area contributed by atoms with E-state index in [0.717, 1.165) is 0 Å². The van der Waals surface area contributed by atoms with Crippen LogP contribution in [0.4, 0.5) is 0 Å². The molecule has 0 radical (unpaired) electrons. The molecule has 1 heterocycles. The number of ether oxygens (including phenoxy) is 2. The molecule has 1 rings (SSSR count). The van der Waals surface area contributed by atoms with Crippen LogP contribution >= 0.6 is 0 Å². The Morgan fingerprint density at radius 1 is 1.72 bits per heavy atom. The first kappa shape index (κ1) is 14.0. The Morgan fingerprint density at radius 3 is 2.89 bits per heavy atom. The van der Waals surface area contributed by atoms with Crippen molar-refractivity contribution in [3.05, 3.63) is 11.8 Å². The van der Waals surface area contributed by atoms with E-state index >= 15 is 0 Å². The lowest BCUT2D eigenvalue weighted by Crippen LogP contribution is -2.56. The number of allylic oxidation sites excluding steroid dienone is 2. The van der Waals surface area contributed by atoms with Gasteiger partial charge in [0.1, 0.15) is 12.0 Å². The quantitative estimate of drug-likeness (QED) is 0.752. The minimum Gasteiger partial charge on any atom is -0.466 e. The number of nitrogens with zero attached hydrogens (tertiary/aromatic N) is 1. The van der Waals surface area contributed by atoms with Crippen LogP contribution in [-0.2, 0) is 19.1 Å². The van der Waals surface area contributed by atoms with E-state index in [-0.39, 0.29) is 18.3 Å². The fourth-order valence-corrected chi connectivity index (χ4v) is 1.89. The summed E-state index contributed by atoms with van der Waals surface area (Å²) in [7, 11) is 0.